The minimum absolute atomic E-state index is 0.125. The second kappa shape index (κ2) is 8.52. The Kier molecular flexibility index (Phi) is 6.01. The molecule has 5 rings (SSSR count). The molecule has 0 aromatic heterocycles. The number of hydrogen-bond donors (Lipinski definition) is 2. The molecule has 2 N–H and O–H groups in total. The summed E-state index contributed by atoms with van der Waals surface area (Å²) in [5, 5.41) is 15.8. The standard InChI is InChI=1S/C24H30BrN3O/c1-16(24-11-17-8-18(12-24)10-19(9-17)13-24)28-23(29)21(14-26)15-27-7-6-20-4-2-3-5-22(20)25/h2-5,15-19,27H,6-13H2,1H3,(H,28,29)/b21-15-. The monoisotopic (exact) mass is 455 g/mol. The molecule has 4 nitrogen and oxygen atoms in total. The molecule has 4 fully saturated rings. The Hall–Kier alpha value is -1.80. The second-order valence-corrected chi connectivity index (χ2v) is 10.3. The molecule has 4 aliphatic carbocycles. The van der Waals surface area contributed by atoms with E-state index in [1.807, 2.05) is 18.2 Å². The average Bonchev–Trinajstić information content (AvgIpc) is 2.68. The fourth-order valence-electron chi connectivity index (χ4n) is 6.37. The SMILES string of the molecule is CC(NC(=O)/C(C#N)=C\NCCc1ccccc1Br)C12CC3CC(CC(C3)C1)C2. The van der Waals surface area contributed by atoms with Crippen LogP contribution in [0, 0.1) is 34.5 Å². The maximum Gasteiger partial charge on any atom is 0.263 e. The average molecular weight is 456 g/mol. The van der Waals surface area contributed by atoms with E-state index in [9.17, 15) is 10.1 Å². The van der Waals surface area contributed by atoms with Gasteiger partial charge in [-0.3, -0.25) is 4.79 Å². The Labute approximate surface area is 182 Å². The topological polar surface area (TPSA) is 64.9 Å². The van der Waals surface area contributed by atoms with Gasteiger partial charge in [-0.1, -0.05) is 34.1 Å². The van der Waals surface area contributed by atoms with Gasteiger partial charge in [-0.25, -0.2) is 0 Å². The van der Waals surface area contributed by atoms with E-state index in [-0.39, 0.29) is 22.9 Å². The molecule has 0 heterocycles. The third-order valence-corrected chi connectivity index (χ3v) is 8.23. The van der Waals surface area contributed by atoms with Gasteiger partial charge >= 0.3 is 0 Å². The maximum atomic E-state index is 12.7. The molecular formula is C24H30BrN3O. The number of halogens is 1. The molecule has 4 aliphatic rings. The molecule has 1 aromatic rings. The first kappa shape index (κ1) is 20.5. The third kappa shape index (κ3) is 4.38. The predicted molar refractivity (Wildman–Crippen MR) is 118 cm³/mol. The van der Waals surface area contributed by atoms with Crippen LogP contribution in [-0.4, -0.2) is 18.5 Å². The van der Waals surface area contributed by atoms with Gasteiger partial charge in [0.2, 0.25) is 0 Å². The number of carbonyl (C=O) groups excluding carboxylic acids is 1. The van der Waals surface area contributed by atoms with Crippen LogP contribution in [0.25, 0.3) is 0 Å². The zero-order chi connectivity index (χ0) is 20.4. The molecule has 0 spiro atoms. The molecule has 154 valence electrons. The Morgan fingerprint density at radius 3 is 2.45 bits per heavy atom. The highest BCUT2D eigenvalue weighted by atomic mass is 79.9. The van der Waals surface area contributed by atoms with Crippen molar-refractivity contribution in [3.05, 3.63) is 46.1 Å². The van der Waals surface area contributed by atoms with Crippen molar-refractivity contribution in [1.82, 2.24) is 10.6 Å². The Morgan fingerprint density at radius 2 is 1.86 bits per heavy atom. The lowest BCUT2D eigenvalue weighted by molar-refractivity contribution is -0.122. The van der Waals surface area contributed by atoms with Crippen molar-refractivity contribution in [3.8, 4) is 6.07 Å². The third-order valence-electron chi connectivity index (χ3n) is 7.46. The van der Waals surface area contributed by atoms with Crippen LogP contribution in [0.1, 0.15) is 51.0 Å². The fraction of sp³-hybridized carbons (Fsp3) is 0.583. The van der Waals surface area contributed by atoms with Crippen molar-refractivity contribution in [2.24, 2.45) is 23.2 Å². The molecule has 1 atom stereocenters. The maximum absolute atomic E-state index is 12.7. The summed E-state index contributed by atoms with van der Waals surface area (Å²) in [6, 6.07) is 10.3. The van der Waals surface area contributed by atoms with E-state index < -0.39 is 0 Å². The lowest BCUT2D eigenvalue weighted by Gasteiger charge is -2.59. The summed E-state index contributed by atoms with van der Waals surface area (Å²) >= 11 is 3.55. The smallest absolute Gasteiger partial charge is 0.263 e. The Balaban J connectivity index is 1.32. The van der Waals surface area contributed by atoms with Crippen molar-refractivity contribution >= 4 is 21.8 Å². The molecule has 1 unspecified atom stereocenters. The normalized spacial score (nSPS) is 31.2. The molecule has 0 radical (unpaired) electrons. The van der Waals surface area contributed by atoms with Crippen LogP contribution in [0.15, 0.2) is 40.5 Å². The summed E-state index contributed by atoms with van der Waals surface area (Å²) < 4.78 is 1.08. The van der Waals surface area contributed by atoms with Crippen molar-refractivity contribution < 1.29 is 4.79 Å². The number of benzene rings is 1. The van der Waals surface area contributed by atoms with Gasteiger partial charge in [0.15, 0.2) is 0 Å². The minimum atomic E-state index is -0.246. The summed E-state index contributed by atoms with van der Waals surface area (Å²) in [6.07, 6.45) is 10.3. The molecule has 0 saturated heterocycles. The van der Waals surface area contributed by atoms with Crippen molar-refractivity contribution in [1.29, 1.82) is 5.26 Å². The summed E-state index contributed by atoms with van der Waals surface area (Å²) in [5.74, 6) is 2.31. The first-order valence-corrected chi connectivity index (χ1v) is 11.7. The molecule has 1 amide bonds. The van der Waals surface area contributed by atoms with Gasteiger partial charge in [0, 0.05) is 23.3 Å². The highest BCUT2D eigenvalue weighted by Crippen LogP contribution is 2.61. The van der Waals surface area contributed by atoms with Crippen LogP contribution in [0.3, 0.4) is 0 Å². The summed E-state index contributed by atoms with van der Waals surface area (Å²) in [6.45, 7) is 2.83. The zero-order valence-corrected chi connectivity index (χ0v) is 18.7. The Bertz CT molecular complexity index is 805. The number of rotatable bonds is 7. The van der Waals surface area contributed by atoms with Crippen LogP contribution in [-0.2, 0) is 11.2 Å². The number of nitriles is 1. The highest BCUT2D eigenvalue weighted by molar-refractivity contribution is 9.10. The van der Waals surface area contributed by atoms with Gasteiger partial charge in [-0.2, -0.15) is 5.26 Å². The molecule has 29 heavy (non-hydrogen) atoms. The number of amides is 1. The van der Waals surface area contributed by atoms with Gasteiger partial charge in [0.05, 0.1) is 0 Å². The quantitative estimate of drug-likeness (QED) is 0.355. The van der Waals surface area contributed by atoms with E-state index in [1.165, 1.54) is 44.1 Å². The van der Waals surface area contributed by atoms with E-state index in [4.69, 9.17) is 0 Å². The highest BCUT2D eigenvalue weighted by Gasteiger charge is 2.53. The fourth-order valence-corrected chi connectivity index (χ4v) is 6.85. The lowest BCUT2D eigenvalue weighted by atomic mass is 9.48. The van der Waals surface area contributed by atoms with Gasteiger partial charge in [-0.15, -0.1) is 0 Å². The van der Waals surface area contributed by atoms with Gasteiger partial charge in [0.1, 0.15) is 11.6 Å². The van der Waals surface area contributed by atoms with E-state index in [0.29, 0.717) is 6.54 Å². The van der Waals surface area contributed by atoms with Crippen LogP contribution in [0.2, 0.25) is 0 Å². The summed E-state index contributed by atoms with van der Waals surface area (Å²) in [4.78, 5) is 12.7. The lowest BCUT2D eigenvalue weighted by Crippen LogP contribution is -2.56. The molecule has 0 aliphatic heterocycles. The van der Waals surface area contributed by atoms with Crippen LogP contribution in [0.4, 0.5) is 0 Å². The summed E-state index contributed by atoms with van der Waals surface area (Å²) in [7, 11) is 0. The largest absolute Gasteiger partial charge is 0.389 e. The van der Waals surface area contributed by atoms with Gasteiger partial charge in [0.25, 0.3) is 5.91 Å². The predicted octanol–water partition coefficient (Wildman–Crippen LogP) is 4.71. The molecule has 4 saturated carbocycles. The second-order valence-electron chi connectivity index (χ2n) is 9.44. The molecule has 5 heteroatoms. The van der Waals surface area contributed by atoms with Crippen LogP contribution < -0.4 is 10.6 Å². The minimum Gasteiger partial charge on any atom is -0.389 e. The molecular weight excluding hydrogens is 426 g/mol. The first-order valence-electron chi connectivity index (χ1n) is 10.9. The number of nitrogens with zero attached hydrogens (tertiary/aromatic N) is 1. The van der Waals surface area contributed by atoms with E-state index in [0.717, 1.165) is 28.6 Å². The van der Waals surface area contributed by atoms with Crippen molar-refractivity contribution in [2.45, 2.75) is 57.9 Å². The Morgan fingerprint density at radius 1 is 1.24 bits per heavy atom. The van der Waals surface area contributed by atoms with Gasteiger partial charge < -0.3 is 10.6 Å². The first-order chi connectivity index (χ1) is 14.0. The van der Waals surface area contributed by atoms with Crippen LogP contribution in [0.5, 0.6) is 0 Å². The summed E-state index contributed by atoms with van der Waals surface area (Å²) in [5.41, 5.74) is 1.61. The van der Waals surface area contributed by atoms with Crippen molar-refractivity contribution in [2.75, 3.05) is 6.54 Å². The number of carbonyl (C=O) groups is 1. The molecule has 4 bridgehead atoms. The molecule has 1 aromatic carbocycles. The van der Waals surface area contributed by atoms with E-state index in [1.54, 1.807) is 6.20 Å². The van der Waals surface area contributed by atoms with Crippen molar-refractivity contribution in [3.63, 3.8) is 0 Å². The number of nitrogens with one attached hydrogen (secondary N) is 2. The zero-order valence-electron chi connectivity index (χ0n) is 17.1. The van der Waals surface area contributed by atoms with Crippen LogP contribution >= 0.6 is 15.9 Å². The van der Waals surface area contributed by atoms with E-state index >= 15 is 0 Å². The number of hydrogen-bond acceptors (Lipinski definition) is 3. The van der Waals surface area contributed by atoms with Gasteiger partial charge in [-0.05, 0) is 86.7 Å². The van der Waals surface area contributed by atoms with E-state index in [2.05, 4.69) is 45.6 Å².